The van der Waals surface area contributed by atoms with E-state index in [0.717, 1.165) is 17.8 Å². The van der Waals surface area contributed by atoms with E-state index in [1.54, 1.807) is 35.6 Å². The number of carbonyl (C=O) groups is 2. The molecule has 0 aliphatic carbocycles. The molecule has 0 saturated carbocycles. The maximum atomic E-state index is 12.1. The molecule has 2 rings (SSSR count). The third kappa shape index (κ3) is 5.03. The zero-order valence-electron chi connectivity index (χ0n) is 13.0. The van der Waals surface area contributed by atoms with Crippen LogP contribution in [0.1, 0.15) is 27.2 Å². The average Bonchev–Trinajstić information content (AvgIpc) is 3.03. The minimum absolute atomic E-state index is 0.140. The molecule has 0 saturated heterocycles. The maximum absolute atomic E-state index is 12.1. The number of aryl methyl sites for hydroxylation is 1. The third-order valence-corrected chi connectivity index (χ3v) is 4.38. The second-order valence-corrected chi connectivity index (χ2v) is 6.05. The van der Waals surface area contributed by atoms with Crippen molar-refractivity contribution >= 4 is 28.8 Å². The Hall–Kier alpha value is -2.47. The number of rotatable bonds is 7. The van der Waals surface area contributed by atoms with Crippen LogP contribution in [0.5, 0.6) is 0 Å². The number of hydrogen-bond donors (Lipinski definition) is 2. The summed E-state index contributed by atoms with van der Waals surface area (Å²) in [6.07, 6.45) is 4.80. The van der Waals surface area contributed by atoms with E-state index in [4.69, 9.17) is 0 Å². The molecule has 0 unspecified atom stereocenters. The fourth-order valence-electron chi connectivity index (χ4n) is 1.91. The van der Waals surface area contributed by atoms with Gasteiger partial charge in [0, 0.05) is 35.3 Å². The summed E-state index contributed by atoms with van der Waals surface area (Å²) in [6.45, 7) is 6.03. The molecule has 23 heavy (non-hydrogen) atoms. The topological polar surface area (TPSA) is 71.1 Å². The van der Waals surface area contributed by atoms with Crippen LogP contribution in [-0.2, 0) is 17.6 Å². The molecule has 2 amide bonds. The van der Waals surface area contributed by atoms with Crippen molar-refractivity contribution in [2.75, 3.05) is 11.9 Å². The minimum Gasteiger partial charge on any atom is -0.352 e. The van der Waals surface area contributed by atoms with E-state index in [1.165, 1.54) is 11.0 Å². The predicted molar refractivity (Wildman–Crippen MR) is 92.8 cm³/mol. The van der Waals surface area contributed by atoms with E-state index in [-0.39, 0.29) is 11.8 Å². The van der Waals surface area contributed by atoms with Crippen molar-refractivity contribution in [2.24, 2.45) is 0 Å². The minimum atomic E-state index is -0.280. The SMILES string of the molecule is C=CC(=O)Nc1ccc(C(=O)NCCc2ncc(CC)s2)cc1. The van der Waals surface area contributed by atoms with Gasteiger partial charge >= 0.3 is 0 Å². The molecule has 0 aliphatic rings. The number of benzene rings is 1. The molecule has 1 aromatic carbocycles. The van der Waals surface area contributed by atoms with Crippen LogP contribution < -0.4 is 10.6 Å². The van der Waals surface area contributed by atoms with E-state index in [9.17, 15) is 9.59 Å². The molecule has 0 atom stereocenters. The summed E-state index contributed by atoms with van der Waals surface area (Å²) in [5.41, 5.74) is 1.18. The van der Waals surface area contributed by atoms with Gasteiger partial charge in [0.2, 0.25) is 5.91 Å². The van der Waals surface area contributed by atoms with Crippen LogP contribution in [0.3, 0.4) is 0 Å². The molecule has 6 heteroatoms. The number of amides is 2. The first-order chi connectivity index (χ1) is 11.1. The number of aromatic nitrogens is 1. The lowest BCUT2D eigenvalue weighted by molar-refractivity contribution is -0.111. The van der Waals surface area contributed by atoms with Gasteiger partial charge < -0.3 is 10.6 Å². The molecule has 2 aromatic rings. The number of hydrogen-bond acceptors (Lipinski definition) is 4. The van der Waals surface area contributed by atoms with E-state index in [1.807, 2.05) is 6.20 Å². The summed E-state index contributed by atoms with van der Waals surface area (Å²) in [7, 11) is 0. The number of thiazole rings is 1. The molecule has 0 aliphatic heterocycles. The summed E-state index contributed by atoms with van der Waals surface area (Å²) >= 11 is 1.68. The van der Waals surface area contributed by atoms with Gasteiger partial charge in [0.05, 0.1) is 5.01 Å². The fourth-order valence-corrected chi connectivity index (χ4v) is 2.77. The molecule has 0 spiro atoms. The monoisotopic (exact) mass is 329 g/mol. The third-order valence-electron chi connectivity index (χ3n) is 3.17. The van der Waals surface area contributed by atoms with Crippen molar-refractivity contribution in [3.63, 3.8) is 0 Å². The Morgan fingerprint density at radius 2 is 2.04 bits per heavy atom. The van der Waals surface area contributed by atoms with Crippen LogP contribution in [0.15, 0.2) is 43.1 Å². The number of anilines is 1. The van der Waals surface area contributed by atoms with E-state index in [0.29, 0.717) is 17.8 Å². The number of carbonyl (C=O) groups excluding carboxylic acids is 2. The van der Waals surface area contributed by atoms with Crippen LogP contribution in [-0.4, -0.2) is 23.3 Å². The molecule has 2 N–H and O–H groups in total. The Labute approximate surface area is 139 Å². The zero-order valence-corrected chi connectivity index (χ0v) is 13.8. The first-order valence-electron chi connectivity index (χ1n) is 7.37. The van der Waals surface area contributed by atoms with Crippen LogP contribution in [0, 0.1) is 0 Å². The van der Waals surface area contributed by atoms with E-state index < -0.39 is 0 Å². The van der Waals surface area contributed by atoms with Crippen molar-refractivity contribution in [3.05, 3.63) is 58.6 Å². The Balaban J connectivity index is 1.83. The Morgan fingerprint density at radius 1 is 1.30 bits per heavy atom. The molecule has 0 bridgehead atoms. The number of nitrogens with one attached hydrogen (secondary N) is 2. The summed E-state index contributed by atoms with van der Waals surface area (Å²) in [6, 6.07) is 6.72. The molecule has 5 nitrogen and oxygen atoms in total. The van der Waals surface area contributed by atoms with Gasteiger partial charge in [-0.05, 0) is 36.8 Å². The molecule has 0 radical (unpaired) electrons. The van der Waals surface area contributed by atoms with Gasteiger partial charge in [-0.15, -0.1) is 11.3 Å². The summed E-state index contributed by atoms with van der Waals surface area (Å²) < 4.78 is 0. The zero-order chi connectivity index (χ0) is 16.7. The summed E-state index contributed by atoms with van der Waals surface area (Å²) in [5, 5.41) is 6.54. The van der Waals surface area contributed by atoms with Gasteiger partial charge in [0.1, 0.15) is 0 Å². The van der Waals surface area contributed by atoms with Crippen LogP contribution in [0.4, 0.5) is 5.69 Å². The normalized spacial score (nSPS) is 10.1. The van der Waals surface area contributed by atoms with Gasteiger partial charge in [-0.3, -0.25) is 9.59 Å². The van der Waals surface area contributed by atoms with Crippen molar-refractivity contribution in [3.8, 4) is 0 Å². The molecule has 120 valence electrons. The van der Waals surface area contributed by atoms with Crippen molar-refractivity contribution in [1.29, 1.82) is 0 Å². The quantitative estimate of drug-likeness (QED) is 0.767. The van der Waals surface area contributed by atoms with Crippen LogP contribution >= 0.6 is 11.3 Å². The van der Waals surface area contributed by atoms with Crippen LogP contribution in [0.25, 0.3) is 0 Å². The summed E-state index contributed by atoms with van der Waals surface area (Å²) in [5.74, 6) is -0.420. The predicted octanol–water partition coefficient (Wildman–Crippen LogP) is 2.80. The lowest BCUT2D eigenvalue weighted by atomic mass is 10.2. The van der Waals surface area contributed by atoms with Crippen molar-refractivity contribution in [1.82, 2.24) is 10.3 Å². The second kappa shape index (κ2) is 8.24. The van der Waals surface area contributed by atoms with Gasteiger partial charge in [-0.2, -0.15) is 0 Å². The molecule has 1 heterocycles. The molecule has 0 fully saturated rings. The van der Waals surface area contributed by atoms with Gasteiger partial charge in [-0.1, -0.05) is 13.5 Å². The lowest BCUT2D eigenvalue weighted by Crippen LogP contribution is -2.25. The van der Waals surface area contributed by atoms with Gasteiger partial charge in [0.15, 0.2) is 0 Å². The van der Waals surface area contributed by atoms with Crippen molar-refractivity contribution in [2.45, 2.75) is 19.8 Å². The van der Waals surface area contributed by atoms with E-state index >= 15 is 0 Å². The Kier molecular flexibility index (Phi) is 6.05. The van der Waals surface area contributed by atoms with Gasteiger partial charge in [0.25, 0.3) is 5.91 Å². The fraction of sp³-hybridized carbons (Fsp3) is 0.235. The average molecular weight is 329 g/mol. The van der Waals surface area contributed by atoms with Crippen LogP contribution in [0.2, 0.25) is 0 Å². The van der Waals surface area contributed by atoms with Gasteiger partial charge in [-0.25, -0.2) is 4.98 Å². The number of nitrogens with zero attached hydrogens (tertiary/aromatic N) is 1. The highest BCUT2D eigenvalue weighted by Crippen LogP contribution is 2.13. The van der Waals surface area contributed by atoms with E-state index in [2.05, 4.69) is 29.1 Å². The molecular weight excluding hydrogens is 310 g/mol. The largest absolute Gasteiger partial charge is 0.352 e. The molecular formula is C17H19N3O2S. The Morgan fingerprint density at radius 3 is 2.65 bits per heavy atom. The highest BCUT2D eigenvalue weighted by atomic mass is 32.1. The molecule has 1 aromatic heterocycles. The highest BCUT2D eigenvalue weighted by Gasteiger charge is 2.06. The maximum Gasteiger partial charge on any atom is 0.251 e. The Bertz CT molecular complexity index is 692. The second-order valence-electron chi connectivity index (χ2n) is 4.85. The first kappa shape index (κ1) is 16.9. The summed E-state index contributed by atoms with van der Waals surface area (Å²) in [4.78, 5) is 28.8. The lowest BCUT2D eigenvalue weighted by Gasteiger charge is -2.06. The van der Waals surface area contributed by atoms with Crippen molar-refractivity contribution < 1.29 is 9.59 Å². The highest BCUT2D eigenvalue weighted by molar-refractivity contribution is 7.11. The smallest absolute Gasteiger partial charge is 0.251 e. The standard InChI is InChI=1S/C17H19N3O2S/c1-3-14-11-19-16(23-14)9-10-18-17(22)12-5-7-13(8-6-12)20-15(21)4-2/h4-8,11H,2-3,9-10H2,1H3,(H,18,22)(H,20,21). The first-order valence-corrected chi connectivity index (χ1v) is 8.19.